The number of nitrogens with zero attached hydrogens (tertiary/aromatic N) is 1. The Morgan fingerprint density at radius 2 is 2.05 bits per heavy atom. The van der Waals surface area contributed by atoms with E-state index in [0.717, 1.165) is 43.0 Å². The van der Waals surface area contributed by atoms with Gasteiger partial charge in [0.25, 0.3) is 0 Å². The van der Waals surface area contributed by atoms with Crippen LogP contribution < -0.4 is 5.32 Å². The third-order valence-corrected chi connectivity index (χ3v) is 3.38. The molecule has 0 saturated carbocycles. The molecule has 0 spiro atoms. The minimum atomic E-state index is -0.0584. The number of carbonyl (C=O) groups excluding carboxylic acids is 1. The maximum absolute atomic E-state index is 12.1. The summed E-state index contributed by atoms with van der Waals surface area (Å²) >= 11 is 0. The molecule has 1 unspecified atom stereocenters. The molecule has 2 amide bonds. The Balaban J connectivity index is 1.91. The summed E-state index contributed by atoms with van der Waals surface area (Å²) in [6.45, 7) is 6.39. The molecule has 19 heavy (non-hydrogen) atoms. The molecule has 0 bridgehead atoms. The number of hydrogen-bond donors (Lipinski definition) is 1. The molecule has 1 N–H and O–H groups in total. The van der Waals surface area contributed by atoms with Crippen molar-refractivity contribution in [3.05, 3.63) is 29.3 Å². The van der Waals surface area contributed by atoms with Crippen LogP contribution in [0, 0.1) is 19.8 Å². The minimum Gasteiger partial charge on any atom is -0.381 e. The highest BCUT2D eigenvalue weighted by atomic mass is 16.5. The van der Waals surface area contributed by atoms with Gasteiger partial charge in [0.1, 0.15) is 0 Å². The highest BCUT2D eigenvalue weighted by Crippen LogP contribution is 2.16. The van der Waals surface area contributed by atoms with Crippen molar-refractivity contribution in [3.63, 3.8) is 0 Å². The predicted molar refractivity (Wildman–Crippen MR) is 76.5 cm³/mol. The van der Waals surface area contributed by atoms with E-state index in [-0.39, 0.29) is 6.03 Å². The Morgan fingerprint density at radius 1 is 1.37 bits per heavy atom. The number of rotatable bonds is 3. The van der Waals surface area contributed by atoms with Crippen LogP contribution in [-0.2, 0) is 4.74 Å². The molecule has 4 heteroatoms. The predicted octanol–water partition coefficient (Wildman–Crippen LogP) is 2.80. The first-order valence-corrected chi connectivity index (χ1v) is 6.73. The van der Waals surface area contributed by atoms with E-state index < -0.39 is 0 Å². The van der Waals surface area contributed by atoms with Gasteiger partial charge in [0, 0.05) is 31.8 Å². The van der Waals surface area contributed by atoms with Crippen LogP contribution >= 0.6 is 0 Å². The highest BCUT2D eigenvalue weighted by Gasteiger charge is 2.20. The summed E-state index contributed by atoms with van der Waals surface area (Å²) in [5.41, 5.74) is 3.17. The van der Waals surface area contributed by atoms with E-state index in [9.17, 15) is 4.79 Å². The van der Waals surface area contributed by atoms with Crippen molar-refractivity contribution in [2.75, 3.05) is 32.1 Å². The van der Waals surface area contributed by atoms with E-state index in [1.807, 2.05) is 33.0 Å². The van der Waals surface area contributed by atoms with Crippen LogP contribution in [-0.4, -0.2) is 37.7 Å². The van der Waals surface area contributed by atoms with Gasteiger partial charge >= 0.3 is 6.03 Å². The molecule has 0 aliphatic carbocycles. The fourth-order valence-electron chi connectivity index (χ4n) is 2.46. The fourth-order valence-corrected chi connectivity index (χ4v) is 2.46. The normalized spacial score (nSPS) is 18.4. The molecule has 4 nitrogen and oxygen atoms in total. The molecular formula is C15H22N2O2. The molecule has 1 atom stereocenters. The monoisotopic (exact) mass is 262 g/mol. The van der Waals surface area contributed by atoms with Crippen LogP contribution in [0.5, 0.6) is 0 Å². The lowest BCUT2D eigenvalue weighted by Gasteiger charge is -2.21. The summed E-state index contributed by atoms with van der Waals surface area (Å²) in [7, 11) is 1.83. The zero-order chi connectivity index (χ0) is 13.8. The SMILES string of the molecule is Cc1cc(C)cc(NC(=O)N(C)CC2CCOC2)c1. The Hall–Kier alpha value is -1.55. The molecule has 0 aromatic heterocycles. The lowest BCUT2D eigenvalue weighted by Crippen LogP contribution is -2.35. The average Bonchev–Trinajstić information content (AvgIpc) is 2.80. The van der Waals surface area contributed by atoms with Crippen molar-refractivity contribution in [3.8, 4) is 0 Å². The average molecular weight is 262 g/mol. The summed E-state index contributed by atoms with van der Waals surface area (Å²) in [6.07, 6.45) is 1.04. The summed E-state index contributed by atoms with van der Waals surface area (Å²) in [4.78, 5) is 13.8. The standard InChI is InChI=1S/C15H22N2O2/c1-11-6-12(2)8-14(7-11)16-15(18)17(3)9-13-4-5-19-10-13/h6-8,13H,4-5,9-10H2,1-3H3,(H,16,18). The zero-order valence-corrected chi connectivity index (χ0v) is 11.9. The second-order valence-electron chi connectivity index (χ2n) is 5.42. The first-order chi connectivity index (χ1) is 9.04. The zero-order valence-electron chi connectivity index (χ0n) is 11.9. The fraction of sp³-hybridized carbons (Fsp3) is 0.533. The number of ether oxygens (including phenoxy) is 1. The van der Waals surface area contributed by atoms with Crippen molar-refractivity contribution < 1.29 is 9.53 Å². The molecule has 104 valence electrons. The lowest BCUT2D eigenvalue weighted by molar-refractivity contribution is 0.175. The van der Waals surface area contributed by atoms with Crippen LogP contribution in [0.25, 0.3) is 0 Å². The van der Waals surface area contributed by atoms with Crippen LogP contribution in [0.2, 0.25) is 0 Å². The van der Waals surface area contributed by atoms with E-state index in [0.29, 0.717) is 5.92 Å². The molecule has 1 heterocycles. The van der Waals surface area contributed by atoms with E-state index in [2.05, 4.69) is 11.4 Å². The van der Waals surface area contributed by atoms with Gasteiger partial charge in [0.15, 0.2) is 0 Å². The molecular weight excluding hydrogens is 240 g/mol. The van der Waals surface area contributed by atoms with Gasteiger partial charge in [-0.15, -0.1) is 0 Å². The van der Waals surface area contributed by atoms with Crippen LogP contribution in [0.3, 0.4) is 0 Å². The number of hydrogen-bond acceptors (Lipinski definition) is 2. The van der Waals surface area contributed by atoms with Crippen LogP contribution in [0.15, 0.2) is 18.2 Å². The second-order valence-corrected chi connectivity index (χ2v) is 5.42. The number of carbonyl (C=O) groups is 1. The molecule has 2 rings (SSSR count). The molecule has 1 fully saturated rings. The van der Waals surface area contributed by atoms with E-state index in [1.165, 1.54) is 0 Å². The Morgan fingerprint density at radius 3 is 2.63 bits per heavy atom. The molecule has 1 aliphatic rings. The van der Waals surface area contributed by atoms with Crippen molar-refractivity contribution in [2.45, 2.75) is 20.3 Å². The maximum Gasteiger partial charge on any atom is 0.321 e. The van der Waals surface area contributed by atoms with Crippen molar-refractivity contribution in [2.24, 2.45) is 5.92 Å². The summed E-state index contributed by atoms with van der Waals surface area (Å²) < 4.78 is 5.33. The van der Waals surface area contributed by atoms with E-state index >= 15 is 0 Å². The number of amides is 2. The summed E-state index contributed by atoms with van der Waals surface area (Å²) in [5, 5.41) is 2.94. The van der Waals surface area contributed by atoms with Gasteiger partial charge < -0.3 is 15.0 Å². The third-order valence-electron chi connectivity index (χ3n) is 3.38. The van der Waals surface area contributed by atoms with Crippen molar-refractivity contribution in [1.82, 2.24) is 4.90 Å². The maximum atomic E-state index is 12.1. The van der Waals surface area contributed by atoms with Gasteiger partial charge in [-0.1, -0.05) is 6.07 Å². The number of urea groups is 1. The smallest absolute Gasteiger partial charge is 0.321 e. The topological polar surface area (TPSA) is 41.6 Å². The first-order valence-electron chi connectivity index (χ1n) is 6.73. The first kappa shape index (κ1) is 13.9. The van der Waals surface area contributed by atoms with E-state index in [1.54, 1.807) is 4.90 Å². The van der Waals surface area contributed by atoms with Gasteiger partial charge in [0.2, 0.25) is 0 Å². The van der Waals surface area contributed by atoms with E-state index in [4.69, 9.17) is 4.74 Å². The minimum absolute atomic E-state index is 0.0584. The largest absolute Gasteiger partial charge is 0.381 e. The van der Waals surface area contributed by atoms with Gasteiger partial charge in [-0.3, -0.25) is 0 Å². The summed E-state index contributed by atoms with van der Waals surface area (Å²) in [5.74, 6) is 0.468. The quantitative estimate of drug-likeness (QED) is 0.910. The van der Waals surface area contributed by atoms with Crippen LogP contribution in [0.1, 0.15) is 17.5 Å². The molecule has 0 radical (unpaired) electrons. The number of anilines is 1. The van der Waals surface area contributed by atoms with Gasteiger partial charge in [-0.05, 0) is 43.5 Å². The lowest BCUT2D eigenvalue weighted by atomic mass is 10.1. The molecule has 1 aromatic rings. The number of aryl methyl sites for hydroxylation is 2. The number of nitrogens with one attached hydrogen (secondary N) is 1. The highest BCUT2D eigenvalue weighted by molar-refractivity contribution is 5.89. The van der Waals surface area contributed by atoms with Crippen molar-refractivity contribution >= 4 is 11.7 Å². The summed E-state index contributed by atoms with van der Waals surface area (Å²) in [6, 6.07) is 6.00. The molecule has 1 saturated heterocycles. The van der Waals surface area contributed by atoms with Crippen molar-refractivity contribution in [1.29, 1.82) is 0 Å². The van der Waals surface area contributed by atoms with Crippen LogP contribution in [0.4, 0.5) is 10.5 Å². The Bertz CT molecular complexity index is 433. The Labute approximate surface area is 114 Å². The molecule has 1 aromatic carbocycles. The van der Waals surface area contributed by atoms with Gasteiger partial charge in [-0.2, -0.15) is 0 Å². The molecule has 1 aliphatic heterocycles. The third kappa shape index (κ3) is 3.96. The van der Waals surface area contributed by atoms with Gasteiger partial charge in [0.05, 0.1) is 6.61 Å². The second kappa shape index (κ2) is 6.06. The van der Waals surface area contributed by atoms with Gasteiger partial charge in [-0.25, -0.2) is 4.79 Å². The number of benzene rings is 1. The Kier molecular flexibility index (Phi) is 4.43.